The second-order valence-corrected chi connectivity index (χ2v) is 7.38. The predicted molar refractivity (Wildman–Crippen MR) is 102 cm³/mol. The molecule has 2 fully saturated rings. The maximum Gasteiger partial charge on any atom is 0.257 e. The molecule has 2 aliphatic rings. The lowest BCUT2D eigenvalue weighted by molar-refractivity contribution is -0.133. The Balaban J connectivity index is 1.58. The van der Waals surface area contributed by atoms with Crippen LogP contribution in [-0.2, 0) is 16.1 Å². The minimum Gasteiger partial charge on any atom is -0.374 e. The molecule has 0 radical (unpaired) electrons. The van der Waals surface area contributed by atoms with Crippen molar-refractivity contribution in [3.05, 3.63) is 71.0 Å². The molecule has 2 aromatic carbocycles. The molecule has 2 atom stereocenters. The highest BCUT2D eigenvalue weighted by atomic mass is 19.1. The lowest BCUT2D eigenvalue weighted by Crippen LogP contribution is -2.45. The molecule has 2 heterocycles. The van der Waals surface area contributed by atoms with Crippen molar-refractivity contribution in [1.82, 2.24) is 9.80 Å². The fraction of sp³-hybridized carbons (Fsp3) is 0.364. The molecule has 2 aliphatic heterocycles. The van der Waals surface area contributed by atoms with Gasteiger partial charge in [0.1, 0.15) is 5.82 Å². The van der Waals surface area contributed by atoms with E-state index in [1.165, 1.54) is 6.07 Å². The Morgan fingerprint density at radius 1 is 1.14 bits per heavy atom. The van der Waals surface area contributed by atoms with Gasteiger partial charge in [0.15, 0.2) is 0 Å². The molecule has 2 amide bonds. The molecule has 4 rings (SSSR count). The molecule has 0 saturated carbocycles. The number of carbonyl (C=O) groups is 2. The molecule has 146 valence electrons. The molecule has 0 unspecified atom stereocenters. The Morgan fingerprint density at radius 2 is 1.93 bits per heavy atom. The molecular formula is C22H23FN2O3. The molecule has 0 bridgehead atoms. The highest BCUT2D eigenvalue weighted by Crippen LogP contribution is 2.27. The topological polar surface area (TPSA) is 49.9 Å². The van der Waals surface area contributed by atoms with Gasteiger partial charge in [-0.05, 0) is 24.1 Å². The number of rotatable bonds is 3. The third-order valence-corrected chi connectivity index (χ3v) is 5.52. The fourth-order valence-corrected chi connectivity index (χ4v) is 4.06. The summed E-state index contributed by atoms with van der Waals surface area (Å²) < 4.78 is 20.2. The van der Waals surface area contributed by atoms with Crippen molar-refractivity contribution >= 4 is 11.8 Å². The number of ether oxygens (including phenoxy) is 1. The van der Waals surface area contributed by atoms with Gasteiger partial charge in [0.05, 0.1) is 30.7 Å². The van der Waals surface area contributed by atoms with E-state index in [-0.39, 0.29) is 29.5 Å². The van der Waals surface area contributed by atoms with Crippen LogP contribution in [0, 0.1) is 12.7 Å². The summed E-state index contributed by atoms with van der Waals surface area (Å²) in [5.74, 6) is -0.845. The number of benzene rings is 2. The molecule has 6 heteroatoms. The predicted octanol–water partition coefficient (Wildman–Crippen LogP) is 2.78. The summed E-state index contributed by atoms with van der Waals surface area (Å²) in [4.78, 5) is 29.1. The second-order valence-electron chi connectivity index (χ2n) is 7.38. The zero-order valence-electron chi connectivity index (χ0n) is 15.8. The second kappa shape index (κ2) is 7.72. The number of hydrogen-bond donors (Lipinski definition) is 0. The molecule has 0 N–H and O–H groups in total. The first kappa shape index (κ1) is 18.6. The summed E-state index contributed by atoms with van der Waals surface area (Å²) >= 11 is 0. The van der Waals surface area contributed by atoms with Gasteiger partial charge in [0.25, 0.3) is 5.91 Å². The SMILES string of the molecule is Cc1cccc(F)c1C(=O)N1C[C@@H]2OCCC(=O)N(Cc3ccccc3)[C@H]2C1. The van der Waals surface area contributed by atoms with E-state index in [1.54, 1.807) is 24.0 Å². The smallest absolute Gasteiger partial charge is 0.257 e. The maximum atomic E-state index is 14.3. The van der Waals surface area contributed by atoms with Crippen LogP contribution in [0.1, 0.15) is 27.9 Å². The van der Waals surface area contributed by atoms with Crippen molar-refractivity contribution in [3.63, 3.8) is 0 Å². The molecule has 0 aliphatic carbocycles. The lowest BCUT2D eigenvalue weighted by atomic mass is 10.1. The van der Waals surface area contributed by atoms with Crippen molar-refractivity contribution in [2.75, 3.05) is 19.7 Å². The van der Waals surface area contributed by atoms with Crippen molar-refractivity contribution in [2.24, 2.45) is 0 Å². The third-order valence-electron chi connectivity index (χ3n) is 5.52. The first-order valence-corrected chi connectivity index (χ1v) is 9.54. The molecule has 5 nitrogen and oxygen atoms in total. The number of likely N-dealkylation sites (tertiary alicyclic amines) is 1. The van der Waals surface area contributed by atoms with Crippen LogP contribution in [0.4, 0.5) is 4.39 Å². The van der Waals surface area contributed by atoms with Crippen molar-refractivity contribution < 1.29 is 18.7 Å². The van der Waals surface area contributed by atoms with E-state index in [2.05, 4.69) is 0 Å². The van der Waals surface area contributed by atoms with Gasteiger partial charge in [-0.15, -0.1) is 0 Å². The van der Waals surface area contributed by atoms with E-state index >= 15 is 0 Å². The quantitative estimate of drug-likeness (QED) is 0.820. The zero-order valence-corrected chi connectivity index (χ0v) is 15.8. The van der Waals surface area contributed by atoms with Gasteiger partial charge in [0, 0.05) is 19.6 Å². The van der Waals surface area contributed by atoms with Crippen molar-refractivity contribution in [3.8, 4) is 0 Å². The Labute approximate surface area is 163 Å². The average molecular weight is 382 g/mol. The molecular weight excluding hydrogens is 359 g/mol. The van der Waals surface area contributed by atoms with Crippen LogP contribution in [-0.4, -0.2) is 53.5 Å². The van der Waals surface area contributed by atoms with Crippen LogP contribution in [0.3, 0.4) is 0 Å². The Morgan fingerprint density at radius 3 is 2.68 bits per heavy atom. The van der Waals surface area contributed by atoms with Crippen LogP contribution in [0.5, 0.6) is 0 Å². The average Bonchev–Trinajstić information content (AvgIpc) is 3.04. The number of halogens is 1. The van der Waals surface area contributed by atoms with Crippen LogP contribution >= 0.6 is 0 Å². The van der Waals surface area contributed by atoms with Gasteiger partial charge in [-0.25, -0.2) is 4.39 Å². The van der Waals surface area contributed by atoms with Crippen LogP contribution < -0.4 is 0 Å². The van der Waals surface area contributed by atoms with Gasteiger partial charge in [-0.1, -0.05) is 42.5 Å². The third kappa shape index (κ3) is 3.52. The molecule has 2 aromatic rings. The van der Waals surface area contributed by atoms with Crippen LogP contribution in [0.2, 0.25) is 0 Å². The molecule has 0 aromatic heterocycles. The van der Waals surface area contributed by atoms with Gasteiger partial charge in [0.2, 0.25) is 5.91 Å². The fourth-order valence-electron chi connectivity index (χ4n) is 4.06. The van der Waals surface area contributed by atoms with Gasteiger partial charge in [-0.2, -0.15) is 0 Å². The van der Waals surface area contributed by atoms with Gasteiger partial charge >= 0.3 is 0 Å². The maximum absolute atomic E-state index is 14.3. The normalized spacial score (nSPS) is 22.1. The van der Waals surface area contributed by atoms with Gasteiger partial charge in [-0.3, -0.25) is 9.59 Å². The summed E-state index contributed by atoms with van der Waals surface area (Å²) in [6.45, 7) is 3.24. The zero-order chi connectivity index (χ0) is 19.7. The largest absolute Gasteiger partial charge is 0.374 e. The summed E-state index contributed by atoms with van der Waals surface area (Å²) in [5, 5.41) is 0. The first-order valence-electron chi connectivity index (χ1n) is 9.54. The standard InChI is InChI=1S/C22H23FN2O3/c1-15-6-5-9-17(23)21(15)22(27)24-13-18-19(14-24)28-11-10-20(26)25(18)12-16-7-3-2-4-8-16/h2-9,18-19H,10-14H2,1H3/t18-,19-/m0/s1. The Hall–Kier alpha value is -2.73. The molecule has 0 spiro atoms. The van der Waals surface area contributed by atoms with E-state index in [4.69, 9.17) is 4.74 Å². The number of carbonyl (C=O) groups excluding carboxylic acids is 2. The first-order chi connectivity index (χ1) is 13.5. The number of aryl methyl sites for hydroxylation is 1. The minimum atomic E-state index is -0.518. The van der Waals surface area contributed by atoms with Crippen molar-refractivity contribution in [1.29, 1.82) is 0 Å². The highest BCUT2D eigenvalue weighted by molar-refractivity contribution is 5.96. The lowest BCUT2D eigenvalue weighted by Gasteiger charge is -2.29. The summed E-state index contributed by atoms with van der Waals surface area (Å²) in [6, 6.07) is 14.2. The molecule has 2 saturated heterocycles. The Bertz CT molecular complexity index is 866. The van der Waals surface area contributed by atoms with E-state index in [1.807, 2.05) is 35.2 Å². The summed E-state index contributed by atoms with van der Waals surface area (Å²) in [7, 11) is 0. The van der Waals surface area contributed by atoms with Crippen LogP contribution in [0.15, 0.2) is 48.5 Å². The number of hydrogen-bond acceptors (Lipinski definition) is 3. The Kier molecular flexibility index (Phi) is 5.13. The monoisotopic (exact) mass is 382 g/mol. The van der Waals surface area contributed by atoms with Crippen LogP contribution in [0.25, 0.3) is 0 Å². The molecule has 28 heavy (non-hydrogen) atoms. The summed E-state index contributed by atoms with van der Waals surface area (Å²) in [5.41, 5.74) is 1.74. The van der Waals surface area contributed by atoms with Gasteiger partial charge < -0.3 is 14.5 Å². The van der Waals surface area contributed by atoms with E-state index in [0.29, 0.717) is 38.2 Å². The highest BCUT2D eigenvalue weighted by Gasteiger charge is 2.43. The number of fused-ring (bicyclic) bond motifs is 1. The van der Waals surface area contributed by atoms with E-state index in [9.17, 15) is 14.0 Å². The number of amides is 2. The van der Waals surface area contributed by atoms with E-state index < -0.39 is 5.82 Å². The van der Waals surface area contributed by atoms with E-state index in [0.717, 1.165) is 5.56 Å². The number of nitrogens with zero attached hydrogens (tertiary/aromatic N) is 2. The summed E-state index contributed by atoms with van der Waals surface area (Å²) in [6.07, 6.45) is 0.0754. The van der Waals surface area contributed by atoms with Crippen molar-refractivity contribution in [2.45, 2.75) is 32.0 Å². The minimum absolute atomic E-state index is 0.0210.